The minimum Gasteiger partial charge on any atom is -0.464 e. The van der Waals surface area contributed by atoms with E-state index in [-0.39, 0.29) is 5.69 Å². The van der Waals surface area contributed by atoms with E-state index in [0.29, 0.717) is 10.8 Å². The Morgan fingerprint density at radius 3 is 2.75 bits per heavy atom. The molecular formula is C14H10ClN3O2. The van der Waals surface area contributed by atoms with Gasteiger partial charge in [0, 0.05) is 17.8 Å². The number of hydrogen-bond acceptors (Lipinski definition) is 4. The van der Waals surface area contributed by atoms with Crippen molar-refractivity contribution in [2.75, 3.05) is 7.11 Å². The molecule has 0 aliphatic carbocycles. The summed E-state index contributed by atoms with van der Waals surface area (Å²) in [6, 6.07) is 11.1. The zero-order chi connectivity index (χ0) is 14.1. The van der Waals surface area contributed by atoms with Crippen LogP contribution in [0.4, 0.5) is 0 Å². The van der Waals surface area contributed by atoms with Crippen LogP contribution in [0.3, 0.4) is 0 Å². The summed E-state index contributed by atoms with van der Waals surface area (Å²) < 4.78 is 6.15. The molecule has 5 nitrogen and oxygen atoms in total. The van der Waals surface area contributed by atoms with Crippen molar-refractivity contribution in [1.29, 1.82) is 0 Å². The Balaban J connectivity index is 2.16. The van der Waals surface area contributed by atoms with Crippen molar-refractivity contribution in [1.82, 2.24) is 14.6 Å². The smallest absolute Gasteiger partial charge is 0.358 e. The van der Waals surface area contributed by atoms with Crippen LogP contribution in [0, 0.1) is 0 Å². The maximum atomic E-state index is 11.5. The number of benzene rings is 1. The van der Waals surface area contributed by atoms with Gasteiger partial charge in [0.2, 0.25) is 0 Å². The Bertz CT molecular complexity index is 784. The van der Waals surface area contributed by atoms with Gasteiger partial charge in [0.25, 0.3) is 0 Å². The first-order valence-corrected chi connectivity index (χ1v) is 6.26. The first kappa shape index (κ1) is 12.6. The van der Waals surface area contributed by atoms with Crippen molar-refractivity contribution >= 4 is 23.2 Å². The van der Waals surface area contributed by atoms with Crippen LogP contribution in [-0.2, 0) is 4.74 Å². The molecule has 0 aliphatic rings. The number of nitrogens with zero attached hydrogens (tertiary/aromatic N) is 3. The van der Waals surface area contributed by atoms with Gasteiger partial charge in [-0.05, 0) is 5.56 Å². The molecule has 0 amide bonds. The first-order chi connectivity index (χ1) is 9.69. The highest BCUT2D eigenvalue weighted by Crippen LogP contribution is 2.26. The van der Waals surface area contributed by atoms with Crippen LogP contribution in [0.1, 0.15) is 10.5 Å². The predicted molar refractivity (Wildman–Crippen MR) is 74.8 cm³/mol. The molecule has 0 N–H and O–H groups in total. The molecule has 6 heteroatoms. The molecule has 0 fully saturated rings. The number of halogens is 1. The Morgan fingerprint density at radius 2 is 2.05 bits per heavy atom. The quantitative estimate of drug-likeness (QED) is 0.537. The van der Waals surface area contributed by atoms with E-state index < -0.39 is 5.97 Å². The fourth-order valence-electron chi connectivity index (χ4n) is 1.92. The highest BCUT2D eigenvalue weighted by Gasteiger charge is 2.14. The van der Waals surface area contributed by atoms with Crippen LogP contribution in [0.15, 0.2) is 42.6 Å². The summed E-state index contributed by atoms with van der Waals surface area (Å²) in [4.78, 5) is 15.7. The molecule has 1 aromatic carbocycles. The van der Waals surface area contributed by atoms with Crippen molar-refractivity contribution in [2.24, 2.45) is 0 Å². The van der Waals surface area contributed by atoms with Gasteiger partial charge in [-0.25, -0.2) is 14.3 Å². The standard InChI is InChI=1S/C14H10ClN3O2/c1-20-14(19)11-7-12-16-13(15)10(8-18(12)17-11)9-5-3-2-4-6-9/h2-8H,1H3. The molecule has 2 aromatic heterocycles. The summed E-state index contributed by atoms with van der Waals surface area (Å²) >= 11 is 6.19. The highest BCUT2D eigenvalue weighted by atomic mass is 35.5. The van der Waals surface area contributed by atoms with E-state index in [1.807, 2.05) is 30.3 Å². The van der Waals surface area contributed by atoms with Crippen molar-refractivity contribution in [3.8, 4) is 11.1 Å². The van der Waals surface area contributed by atoms with Gasteiger partial charge >= 0.3 is 5.97 Å². The molecule has 0 saturated carbocycles. The van der Waals surface area contributed by atoms with Gasteiger partial charge in [-0.2, -0.15) is 5.10 Å². The molecule has 0 unspecified atom stereocenters. The van der Waals surface area contributed by atoms with E-state index in [1.165, 1.54) is 17.7 Å². The molecular weight excluding hydrogens is 278 g/mol. The molecule has 0 spiro atoms. The minimum absolute atomic E-state index is 0.196. The number of rotatable bonds is 2. The van der Waals surface area contributed by atoms with Crippen molar-refractivity contribution < 1.29 is 9.53 Å². The molecule has 0 radical (unpaired) electrons. The average molecular weight is 288 g/mol. The minimum atomic E-state index is -0.507. The molecule has 0 saturated heterocycles. The van der Waals surface area contributed by atoms with Gasteiger partial charge in [-0.3, -0.25) is 0 Å². The lowest BCUT2D eigenvalue weighted by molar-refractivity contribution is 0.0593. The molecule has 3 rings (SSSR count). The Kier molecular flexibility index (Phi) is 3.12. The summed E-state index contributed by atoms with van der Waals surface area (Å²) in [7, 11) is 1.31. The van der Waals surface area contributed by atoms with E-state index in [1.54, 1.807) is 6.20 Å². The van der Waals surface area contributed by atoms with Crippen molar-refractivity contribution in [3.05, 3.63) is 53.4 Å². The van der Waals surface area contributed by atoms with Crippen LogP contribution in [0.25, 0.3) is 16.8 Å². The van der Waals surface area contributed by atoms with Crippen LogP contribution in [0.2, 0.25) is 5.15 Å². The lowest BCUT2D eigenvalue weighted by atomic mass is 10.1. The fourth-order valence-corrected chi connectivity index (χ4v) is 2.16. The first-order valence-electron chi connectivity index (χ1n) is 5.88. The molecule has 2 heterocycles. The van der Waals surface area contributed by atoms with Gasteiger partial charge in [0.05, 0.1) is 7.11 Å². The van der Waals surface area contributed by atoms with E-state index >= 15 is 0 Å². The van der Waals surface area contributed by atoms with Crippen LogP contribution < -0.4 is 0 Å². The second-order valence-electron chi connectivity index (χ2n) is 4.14. The molecule has 20 heavy (non-hydrogen) atoms. The van der Waals surface area contributed by atoms with E-state index in [0.717, 1.165) is 11.1 Å². The third-order valence-corrected chi connectivity index (χ3v) is 3.17. The number of methoxy groups -OCH3 is 1. The van der Waals surface area contributed by atoms with Gasteiger partial charge in [0.15, 0.2) is 11.3 Å². The highest BCUT2D eigenvalue weighted by molar-refractivity contribution is 6.32. The number of esters is 1. The average Bonchev–Trinajstić information content (AvgIpc) is 2.89. The molecule has 0 aliphatic heterocycles. The lowest BCUT2D eigenvalue weighted by Crippen LogP contribution is -2.02. The van der Waals surface area contributed by atoms with E-state index in [4.69, 9.17) is 11.6 Å². The lowest BCUT2D eigenvalue weighted by Gasteiger charge is -2.04. The summed E-state index contributed by atoms with van der Waals surface area (Å²) in [6.07, 6.45) is 1.74. The Labute approximate surface area is 119 Å². The third kappa shape index (κ3) is 2.12. The molecule has 0 bridgehead atoms. The monoisotopic (exact) mass is 287 g/mol. The van der Waals surface area contributed by atoms with E-state index in [2.05, 4.69) is 14.8 Å². The zero-order valence-electron chi connectivity index (χ0n) is 10.6. The van der Waals surface area contributed by atoms with Crippen LogP contribution in [0.5, 0.6) is 0 Å². The fraction of sp³-hybridized carbons (Fsp3) is 0.0714. The topological polar surface area (TPSA) is 56.5 Å². The number of aromatic nitrogens is 3. The largest absolute Gasteiger partial charge is 0.464 e. The SMILES string of the molecule is COC(=O)c1cc2nc(Cl)c(-c3ccccc3)cn2n1. The number of carbonyl (C=O) groups excluding carboxylic acids is 1. The number of hydrogen-bond donors (Lipinski definition) is 0. The third-order valence-electron chi connectivity index (χ3n) is 2.88. The summed E-state index contributed by atoms with van der Waals surface area (Å²) in [5.41, 5.74) is 2.37. The number of ether oxygens (including phenoxy) is 1. The van der Waals surface area contributed by atoms with E-state index in [9.17, 15) is 4.79 Å². The second-order valence-corrected chi connectivity index (χ2v) is 4.49. The zero-order valence-corrected chi connectivity index (χ0v) is 11.3. The van der Waals surface area contributed by atoms with Gasteiger partial charge in [0.1, 0.15) is 5.15 Å². The van der Waals surface area contributed by atoms with Crippen LogP contribution in [-0.4, -0.2) is 27.7 Å². The second kappa shape index (κ2) is 4.94. The maximum Gasteiger partial charge on any atom is 0.358 e. The summed E-state index contributed by atoms with van der Waals surface area (Å²) in [5, 5.41) is 4.49. The maximum absolute atomic E-state index is 11.5. The van der Waals surface area contributed by atoms with Crippen molar-refractivity contribution in [3.63, 3.8) is 0 Å². The van der Waals surface area contributed by atoms with Gasteiger partial charge < -0.3 is 4.74 Å². The summed E-state index contributed by atoms with van der Waals surface area (Å²) in [5.74, 6) is -0.507. The van der Waals surface area contributed by atoms with Crippen molar-refractivity contribution in [2.45, 2.75) is 0 Å². The molecule has 100 valence electrons. The van der Waals surface area contributed by atoms with Gasteiger partial charge in [-0.15, -0.1) is 0 Å². The molecule has 0 atom stereocenters. The molecule has 3 aromatic rings. The predicted octanol–water partition coefficient (Wildman–Crippen LogP) is 2.84. The normalized spacial score (nSPS) is 10.7. The van der Waals surface area contributed by atoms with Crippen LogP contribution >= 0.6 is 11.6 Å². The summed E-state index contributed by atoms with van der Waals surface area (Å²) in [6.45, 7) is 0. The Morgan fingerprint density at radius 1 is 1.30 bits per heavy atom. The van der Waals surface area contributed by atoms with Gasteiger partial charge in [-0.1, -0.05) is 41.9 Å². The number of fused-ring (bicyclic) bond motifs is 1. The Hall–Kier alpha value is -2.40. The number of carbonyl (C=O) groups is 1.